The molecule has 0 unspecified atom stereocenters. The lowest BCUT2D eigenvalue weighted by Gasteiger charge is -2.19. The molecule has 1 aromatic heterocycles. The predicted molar refractivity (Wildman–Crippen MR) is 87.2 cm³/mol. The summed E-state index contributed by atoms with van der Waals surface area (Å²) in [6.45, 7) is 0. The number of ether oxygens (including phenoxy) is 1. The number of benzene rings is 1. The van der Waals surface area contributed by atoms with E-state index in [0.717, 1.165) is 10.2 Å². The fourth-order valence-electron chi connectivity index (χ4n) is 1.86. The Morgan fingerprint density at radius 1 is 1.24 bits per heavy atom. The molecular formula is C15H16BrN3O2. The number of carbonyl (C=O) groups excluding carboxylic acids is 1. The Balaban J connectivity index is 2.34. The Kier molecular flexibility index (Phi) is 4.80. The fourth-order valence-corrected chi connectivity index (χ4v) is 2.13. The molecule has 0 saturated heterocycles. The van der Waals surface area contributed by atoms with Crippen LogP contribution in [0.1, 0.15) is 10.4 Å². The number of hydrogen-bond acceptors (Lipinski definition) is 4. The lowest BCUT2D eigenvalue weighted by atomic mass is 10.2. The topological polar surface area (TPSA) is 54.5 Å². The van der Waals surface area contributed by atoms with Gasteiger partial charge in [-0.25, -0.2) is 4.98 Å². The molecule has 0 fully saturated rings. The third kappa shape index (κ3) is 3.52. The molecule has 2 rings (SSSR count). The van der Waals surface area contributed by atoms with Crippen molar-refractivity contribution in [1.82, 2.24) is 4.98 Å². The van der Waals surface area contributed by atoms with Gasteiger partial charge in [0.25, 0.3) is 5.91 Å². The summed E-state index contributed by atoms with van der Waals surface area (Å²) < 4.78 is 6.16. The highest BCUT2D eigenvalue weighted by Gasteiger charge is 2.16. The number of halogens is 1. The molecule has 6 heteroatoms. The number of rotatable bonds is 4. The van der Waals surface area contributed by atoms with Crippen molar-refractivity contribution >= 4 is 33.2 Å². The lowest BCUT2D eigenvalue weighted by molar-refractivity contribution is 0.102. The molecule has 2 aromatic rings. The number of aromatic nitrogens is 1. The number of methoxy groups -OCH3 is 1. The molecule has 0 bridgehead atoms. The molecule has 0 radical (unpaired) electrons. The summed E-state index contributed by atoms with van der Waals surface area (Å²) in [7, 11) is 5.31. The summed E-state index contributed by atoms with van der Waals surface area (Å²) in [6.07, 6.45) is 1.64. The second-order valence-corrected chi connectivity index (χ2v) is 5.49. The molecule has 1 aromatic carbocycles. The van der Waals surface area contributed by atoms with Crippen LogP contribution < -0.4 is 15.0 Å². The average molecular weight is 350 g/mol. The van der Waals surface area contributed by atoms with E-state index in [1.165, 1.54) is 7.11 Å². The van der Waals surface area contributed by atoms with Crippen LogP contribution >= 0.6 is 15.9 Å². The van der Waals surface area contributed by atoms with E-state index in [1.807, 2.05) is 37.2 Å². The number of carbonyl (C=O) groups is 1. The van der Waals surface area contributed by atoms with Crippen LogP contribution in [0.3, 0.4) is 0 Å². The Morgan fingerprint density at radius 2 is 1.90 bits per heavy atom. The maximum atomic E-state index is 12.3. The first-order valence-corrected chi connectivity index (χ1v) is 7.09. The van der Waals surface area contributed by atoms with Crippen LogP contribution in [-0.2, 0) is 0 Å². The first kappa shape index (κ1) is 15.3. The number of pyridine rings is 1. The van der Waals surface area contributed by atoms with E-state index in [1.54, 1.807) is 18.3 Å². The van der Waals surface area contributed by atoms with Crippen molar-refractivity contribution in [2.24, 2.45) is 0 Å². The Bertz CT molecular complexity index is 642. The zero-order chi connectivity index (χ0) is 15.4. The fraction of sp³-hybridized carbons (Fsp3) is 0.200. The molecule has 5 nitrogen and oxygen atoms in total. The molecule has 0 aliphatic heterocycles. The van der Waals surface area contributed by atoms with Gasteiger partial charge in [-0.05, 0) is 30.3 Å². The SMILES string of the molecule is COc1nccc(N(C)C)c1NC(=O)c1ccc(Br)cc1. The maximum absolute atomic E-state index is 12.3. The number of hydrogen-bond donors (Lipinski definition) is 1. The van der Waals surface area contributed by atoms with E-state index in [2.05, 4.69) is 26.2 Å². The van der Waals surface area contributed by atoms with E-state index in [4.69, 9.17) is 4.74 Å². The summed E-state index contributed by atoms with van der Waals surface area (Å²) in [5.41, 5.74) is 1.94. The lowest BCUT2D eigenvalue weighted by Crippen LogP contribution is -2.18. The van der Waals surface area contributed by atoms with E-state index < -0.39 is 0 Å². The largest absolute Gasteiger partial charge is 0.479 e. The van der Waals surface area contributed by atoms with Crippen molar-refractivity contribution in [3.8, 4) is 5.88 Å². The molecule has 0 aliphatic carbocycles. The van der Waals surface area contributed by atoms with Gasteiger partial charge in [-0.15, -0.1) is 0 Å². The van der Waals surface area contributed by atoms with Gasteiger partial charge in [-0.3, -0.25) is 4.79 Å². The molecule has 0 saturated carbocycles. The second-order valence-electron chi connectivity index (χ2n) is 4.57. The monoisotopic (exact) mass is 349 g/mol. The number of nitrogens with one attached hydrogen (secondary N) is 1. The number of anilines is 2. The van der Waals surface area contributed by atoms with Crippen molar-refractivity contribution < 1.29 is 9.53 Å². The Morgan fingerprint density at radius 3 is 2.48 bits per heavy atom. The minimum Gasteiger partial charge on any atom is -0.479 e. The highest BCUT2D eigenvalue weighted by atomic mass is 79.9. The van der Waals surface area contributed by atoms with E-state index in [-0.39, 0.29) is 5.91 Å². The van der Waals surface area contributed by atoms with Crippen molar-refractivity contribution in [2.75, 3.05) is 31.4 Å². The molecule has 1 heterocycles. The molecule has 0 spiro atoms. The zero-order valence-corrected chi connectivity index (χ0v) is 13.6. The van der Waals surface area contributed by atoms with E-state index >= 15 is 0 Å². The van der Waals surface area contributed by atoms with Crippen LogP contribution in [-0.4, -0.2) is 32.1 Å². The van der Waals surface area contributed by atoms with E-state index in [0.29, 0.717) is 17.1 Å². The van der Waals surface area contributed by atoms with Gasteiger partial charge >= 0.3 is 0 Å². The third-order valence-electron chi connectivity index (χ3n) is 2.91. The van der Waals surface area contributed by atoms with Crippen LogP contribution in [0.2, 0.25) is 0 Å². The summed E-state index contributed by atoms with van der Waals surface area (Å²) in [5.74, 6) is 0.170. The maximum Gasteiger partial charge on any atom is 0.255 e. The van der Waals surface area contributed by atoms with Crippen LogP contribution in [0, 0.1) is 0 Å². The smallest absolute Gasteiger partial charge is 0.255 e. The van der Waals surface area contributed by atoms with Crippen molar-refractivity contribution in [2.45, 2.75) is 0 Å². The van der Waals surface area contributed by atoms with Gasteiger partial charge in [0.15, 0.2) is 0 Å². The minimum atomic E-state index is -0.211. The van der Waals surface area contributed by atoms with Crippen LogP contribution in [0.15, 0.2) is 41.0 Å². The number of amides is 1. The Labute approximate surface area is 132 Å². The van der Waals surface area contributed by atoms with Crippen LogP contribution in [0.5, 0.6) is 5.88 Å². The van der Waals surface area contributed by atoms with E-state index in [9.17, 15) is 4.79 Å². The second kappa shape index (κ2) is 6.58. The molecule has 0 atom stereocenters. The summed E-state index contributed by atoms with van der Waals surface area (Å²) in [6, 6.07) is 8.96. The summed E-state index contributed by atoms with van der Waals surface area (Å²) >= 11 is 3.35. The van der Waals surface area contributed by atoms with Crippen LogP contribution in [0.25, 0.3) is 0 Å². The van der Waals surface area contributed by atoms with Gasteiger partial charge in [0.05, 0.1) is 12.8 Å². The molecule has 21 heavy (non-hydrogen) atoms. The molecule has 1 N–H and O–H groups in total. The highest BCUT2D eigenvalue weighted by Crippen LogP contribution is 2.32. The first-order valence-electron chi connectivity index (χ1n) is 6.30. The first-order chi connectivity index (χ1) is 10.0. The van der Waals surface area contributed by atoms with Crippen molar-refractivity contribution in [1.29, 1.82) is 0 Å². The average Bonchev–Trinajstić information content (AvgIpc) is 2.47. The molecule has 110 valence electrons. The zero-order valence-electron chi connectivity index (χ0n) is 12.1. The van der Waals surface area contributed by atoms with Gasteiger partial charge in [-0.1, -0.05) is 15.9 Å². The van der Waals surface area contributed by atoms with Crippen molar-refractivity contribution in [3.63, 3.8) is 0 Å². The summed E-state index contributed by atoms with van der Waals surface area (Å²) in [5, 5.41) is 2.86. The predicted octanol–water partition coefficient (Wildman–Crippen LogP) is 3.17. The van der Waals surface area contributed by atoms with Gasteiger partial charge < -0.3 is 15.0 Å². The summed E-state index contributed by atoms with van der Waals surface area (Å²) in [4.78, 5) is 18.4. The normalized spacial score (nSPS) is 10.1. The van der Waals surface area contributed by atoms with Crippen molar-refractivity contribution in [3.05, 3.63) is 46.6 Å². The number of nitrogens with zero attached hydrogens (tertiary/aromatic N) is 2. The molecule has 1 amide bonds. The Hall–Kier alpha value is -2.08. The van der Waals surface area contributed by atoms with Crippen LogP contribution in [0.4, 0.5) is 11.4 Å². The molecule has 0 aliphatic rings. The molecular weight excluding hydrogens is 334 g/mol. The minimum absolute atomic E-state index is 0.211. The van der Waals surface area contributed by atoms with Gasteiger partial charge in [0.2, 0.25) is 5.88 Å². The quantitative estimate of drug-likeness (QED) is 0.920. The highest BCUT2D eigenvalue weighted by molar-refractivity contribution is 9.10. The van der Waals surface area contributed by atoms with Gasteiger partial charge in [-0.2, -0.15) is 0 Å². The third-order valence-corrected chi connectivity index (χ3v) is 3.44. The van der Waals surface area contributed by atoms with Gasteiger partial charge in [0.1, 0.15) is 5.69 Å². The van der Waals surface area contributed by atoms with Gasteiger partial charge in [0, 0.05) is 30.3 Å². The standard InChI is InChI=1S/C15H16BrN3O2/c1-19(2)12-8-9-17-15(21-3)13(12)18-14(20)10-4-6-11(16)7-5-10/h4-9H,1-3H3,(H,18,20).